The van der Waals surface area contributed by atoms with Crippen LogP contribution in [-0.4, -0.2) is 43.8 Å². The van der Waals surface area contributed by atoms with E-state index in [1.54, 1.807) is 18.7 Å². The zero-order chi connectivity index (χ0) is 22.9. The van der Waals surface area contributed by atoms with Crippen LogP contribution in [0.5, 0.6) is 0 Å². The summed E-state index contributed by atoms with van der Waals surface area (Å²) < 4.78 is 34.0. The number of nitrogens with one attached hydrogen (secondary N) is 1. The molecule has 0 saturated carbocycles. The van der Waals surface area contributed by atoms with E-state index in [1.165, 1.54) is 0 Å². The number of aryl methyl sites for hydroxylation is 3. The molecule has 1 saturated heterocycles. The van der Waals surface area contributed by atoms with Crippen molar-refractivity contribution in [3.63, 3.8) is 0 Å². The molecule has 1 aliphatic rings. The number of sulfonamides is 1. The molecule has 32 heavy (non-hydrogen) atoms. The number of benzene rings is 2. The van der Waals surface area contributed by atoms with E-state index in [1.807, 2.05) is 43.3 Å². The summed E-state index contributed by atoms with van der Waals surface area (Å²) in [4.78, 5) is 19.3. The van der Waals surface area contributed by atoms with Gasteiger partial charge in [-0.15, -0.1) is 0 Å². The fraction of sp³-hybridized carbons (Fsp3) is 0.417. The van der Waals surface area contributed by atoms with Gasteiger partial charge in [-0.05, 0) is 56.9 Å². The number of hydrogen-bond donors (Lipinski definition) is 1. The molecule has 0 bridgehead atoms. The molecule has 2 heterocycles. The summed E-state index contributed by atoms with van der Waals surface area (Å²) in [5.41, 5.74) is 4.08. The topological polar surface area (TPSA) is 92.5 Å². The molecule has 0 atom stereocenters. The summed E-state index contributed by atoms with van der Waals surface area (Å²) in [6.07, 6.45) is 1.70. The van der Waals surface area contributed by atoms with Gasteiger partial charge in [0.05, 0.1) is 4.90 Å². The van der Waals surface area contributed by atoms with Gasteiger partial charge in [-0.1, -0.05) is 29.8 Å². The minimum absolute atomic E-state index is 0.0407. The van der Waals surface area contributed by atoms with Crippen molar-refractivity contribution in [2.45, 2.75) is 50.8 Å². The monoisotopic (exact) mass is 455 g/mol. The average Bonchev–Trinajstić information content (AvgIpc) is 3.17. The minimum Gasteiger partial charge on any atom is -0.440 e. The summed E-state index contributed by atoms with van der Waals surface area (Å²) in [5, 5.41) is 0. The number of para-hydroxylation sites is 2. The zero-order valence-corrected chi connectivity index (χ0v) is 19.5. The highest BCUT2D eigenvalue weighted by Gasteiger charge is 2.27. The van der Waals surface area contributed by atoms with Gasteiger partial charge in [-0.3, -0.25) is 4.79 Å². The molecular weight excluding hydrogens is 426 g/mol. The largest absolute Gasteiger partial charge is 0.440 e. The second-order valence-electron chi connectivity index (χ2n) is 8.55. The quantitative estimate of drug-likeness (QED) is 0.610. The second kappa shape index (κ2) is 9.03. The van der Waals surface area contributed by atoms with Gasteiger partial charge in [0.25, 0.3) is 0 Å². The van der Waals surface area contributed by atoms with E-state index in [2.05, 4.69) is 9.71 Å². The molecule has 0 unspecified atom stereocenters. The van der Waals surface area contributed by atoms with Crippen molar-refractivity contribution in [2.75, 3.05) is 19.6 Å². The van der Waals surface area contributed by atoms with Crippen molar-refractivity contribution in [1.29, 1.82) is 0 Å². The molecule has 0 aliphatic carbocycles. The Morgan fingerprint density at radius 1 is 1.12 bits per heavy atom. The van der Waals surface area contributed by atoms with Gasteiger partial charge in [0.2, 0.25) is 15.9 Å². The van der Waals surface area contributed by atoms with Crippen LogP contribution in [0, 0.1) is 20.8 Å². The fourth-order valence-corrected chi connectivity index (χ4v) is 6.03. The molecule has 8 heteroatoms. The second-order valence-corrected chi connectivity index (χ2v) is 10.3. The third-order valence-electron chi connectivity index (χ3n) is 6.01. The Balaban J connectivity index is 1.30. The van der Waals surface area contributed by atoms with Crippen molar-refractivity contribution in [3.05, 3.63) is 59.0 Å². The fourth-order valence-electron chi connectivity index (χ4n) is 4.55. The first-order valence-electron chi connectivity index (χ1n) is 11.0. The molecule has 1 aliphatic heterocycles. The Morgan fingerprint density at radius 3 is 2.44 bits per heavy atom. The van der Waals surface area contributed by atoms with Crippen molar-refractivity contribution < 1.29 is 17.6 Å². The number of likely N-dealkylation sites (tertiary alicyclic amines) is 1. The molecular formula is C24H29N3O4S. The van der Waals surface area contributed by atoms with E-state index in [-0.39, 0.29) is 24.8 Å². The van der Waals surface area contributed by atoms with Gasteiger partial charge >= 0.3 is 0 Å². The van der Waals surface area contributed by atoms with E-state index >= 15 is 0 Å². The van der Waals surface area contributed by atoms with Gasteiger partial charge in [0, 0.05) is 32.0 Å². The standard InChI is InChI=1S/C24H29N3O4S/c1-16-14-17(2)23(18(3)15-16)32(29,30)25-11-8-22(28)27-12-9-19(10-13-27)24-26-20-6-4-5-7-21(20)31-24/h4-7,14-15,19,25H,8-13H2,1-3H3. The van der Waals surface area contributed by atoms with Crippen LogP contribution in [0.3, 0.4) is 0 Å². The predicted molar refractivity (Wildman–Crippen MR) is 123 cm³/mol. The Kier molecular flexibility index (Phi) is 6.35. The third kappa shape index (κ3) is 4.71. The summed E-state index contributed by atoms with van der Waals surface area (Å²) in [6.45, 7) is 6.84. The van der Waals surface area contributed by atoms with Crippen LogP contribution in [0.25, 0.3) is 11.1 Å². The molecule has 0 radical (unpaired) electrons. The van der Waals surface area contributed by atoms with Crippen LogP contribution in [0.15, 0.2) is 45.7 Å². The van der Waals surface area contributed by atoms with E-state index in [9.17, 15) is 13.2 Å². The SMILES string of the molecule is Cc1cc(C)c(S(=O)(=O)NCCC(=O)N2CCC(c3nc4ccccc4o3)CC2)c(C)c1. The smallest absolute Gasteiger partial charge is 0.241 e. The van der Waals surface area contributed by atoms with Crippen LogP contribution in [-0.2, 0) is 14.8 Å². The maximum Gasteiger partial charge on any atom is 0.241 e. The number of piperidine rings is 1. The lowest BCUT2D eigenvalue weighted by Crippen LogP contribution is -2.39. The van der Waals surface area contributed by atoms with Crippen LogP contribution in [0.1, 0.15) is 47.8 Å². The molecule has 170 valence electrons. The predicted octanol–water partition coefficient (Wildman–Crippen LogP) is 3.83. The molecule has 1 N–H and O–H groups in total. The van der Waals surface area contributed by atoms with Gasteiger partial charge < -0.3 is 9.32 Å². The Labute approximate surface area is 188 Å². The average molecular weight is 456 g/mol. The molecule has 4 rings (SSSR count). The van der Waals surface area contributed by atoms with Crippen molar-refractivity contribution in [1.82, 2.24) is 14.6 Å². The number of carbonyl (C=O) groups excluding carboxylic acids is 1. The molecule has 0 spiro atoms. The van der Waals surface area contributed by atoms with Gasteiger partial charge in [0.15, 0.2) is 11.5 Å². The molecule has 1 aromatic heterocycles. The van der Waals surface area contributed by atoms with Crippen molar-refractivity contribution >= 4 is 27.0 Å². The number of hydrogen-bond acceptors (Lipinski definition) is 5. The van der Waals surface area contributed by atoms with E-state index in [0.29, 0.717) is 29.1 Å². The summed E-state index contributed by atoms with van der Waals surface area (Å²) in [5.74, 6) is 0.883. The number of fused-ring (bicyclic) bond motifs is 1. The first-order chi connectivity index (χ1) is 15.2. The van der Waals surface area contributed by atoms with Crippen LogP contribution < -0.4 is 4.72 Å². The Bertz CT molecular complexity index is 1190. The van der Waals surface area contributed by atoms with Crippen molar-refractivity contribution in [3.8, 4) is 0 Å². The number of aromatic nitrogens is 1. The first-order valence-corrected chi connectivity index (χ1v) is 12.4. The first kappa shape index (κ1) is 22.5. The van der Waals surface area contributed by atoms with Crippen LogP contribution in [0.4, 0.5) is 0 Å². The Morgan fingerprint density at radius 2 is 1.78 bits per heavy atom. The summed E-state index contributed by atoms with van der Waals surface area (Å²) in [6, 6.07) is 11.4. The van der Waals surface area contributed by atoms with E-state index < -0.39 is 10.0 Å². The maximum absolute atomic E-state index is 12.8. The maximum atomic E-state index is 12.8. The minimum atomic E-state index is -3.66. The molecule has 1 amide bonds. The molecule has 3 aromatic rings. The number of oxazole rings is 1. The highest BCUT2D eigenvalue weighted by atomic mass is 32.2. The van der Waals surface area contributed by atoms with E-state index in [0.717, 1.165) is 35.4 Å². The normalized spacial score (nSPS) is 15.4. The number of amides is 1. The van der Waals surface area contributed by atoms with Gasteiger partial charge in [0.1, 0.15) is 5.52 Å². The highest BCUT2D eigenvalue weighted by Crippen LogP contribution is 2.30. The number of carbonyl (C=O) groups is 1. The number of rotatable bonds is 6. The summed E-state index contributed by atoms with van der Waals surface area (Å²) >= 11 is 0. The lowest BCUT2D eigenvalue weighted by Gasteiger charge is -2.30. The lowest BCUT2D eigenvalue weighted by molar-refractivity contribution is -0.132. The third-order valence-corrected chi connectivity index (χ3v) is 7.78. The van der Waals surface area contributed by atoms with Gasteiger partial charge in [-0.25, -0.2) is 18.1 Å². The molecule has 7 nitrogen and oxygen atoms in total. The highest BCUT2D eigenvalue weighted by molar-refractivity contribution is 7.89. The number of nitrogens with zero attached hydrogens (tertiary/aromatic N) is 2. The zero-order valence-electron chi connectivity index (χ0n) is 18.7. The van der Waals surface area contributed by atoms with E-state index in [4.69, 9.17) is 4.42 Å². The summed E-state index contributed by atoms with van der Waals surface area (Å²) in [7, 11) is -3.66. The molecule has 1 fully saturated rings. The van der Waals surface area contributed by atoms with Crippen molar-refractivity contribution in [2.24, 2.45) is 0 Å². The van der Waals surface area contributed by atoms with Crippen LogP contribution >= 0.6 is 0 Å². The molecule has 2 aromatic carbocycles. The van der Waals surface area contributed by atoms with Gasteiger partial charge in [-0.2, -0.15) is 0 Å². The Hall–Kier alpha value is -2.71. The lowest BCUT2D eigenvalue weighted by atomic mass is 9.96. The van der Waals surface area contributed by atoms with Crippen LogP contribution in [0.2, 0.25) is 0 Å².